The largest absolute Gasteiger partial charge is 0.326 e. The number of hydrogen-bond donors (Lipinski definition) is 3. The number of rotatable bonds is 6. The van der Waals surface area contributed by atoms with E-state index in [0.29, 0.717) is 29.7 Å². The summed E-state index contributed by atoms with van der Waals surface area (Å²) < 4.78 is 15.3. The van der Waals surface area contributed by atoms with Crippen LogP contribution in [0.1, 0.15) is 51.3 Å². The second-order valence-corrected chi connectivity index (χ2v) is 8.44. The molecule has 3 aromatic rings. The molecule has 3 N–H and O–H groups in total. The van der Waals surface area contributed by atoms with Crippen LogP contribution in [0.15, 0.2) is 42.5 Å². The van der Waals surface area contributed by atoms with E-state index in [9.17, 15) is 14.0 Å². The average Bonchev–Trinajstić information content (AvgIpc) is 3.20. The van der Waals surface area contributed by atoms with Crippen LogP contribution in [0.5, 0.6) is 0 Å². The molecular formula is C25H31FN5O2P. The number of anilines is 3. The summed E-state index contributed by atoms with van der Waals surface area (Å²) in [6.07, 6.45) is 3.90. The molecule has 7 nitrogen and oxygen atoms in total. The summed E-state index contributed by atoms with van der Waals surface area (Å²) in [6.45, 7) is 6.11. The molecule has 2 aromatic carbocycles. The number of unbranched alkanes of at least 4 members (excludes halogenated alkanes) is 1. The van der Waals surface area contributed by atoms with E-state index in [1.807, 2.05) is 38.1 Å². The van der Waals surface area contributed by atoms with Crippen LogP contribution in [0, 0.1) is 5.82 Å². The SMILES string of the molecule is CC.CCCCc1cc(NC(=O)Nc2cc(F)cc(P)c2)n(-c2ccc3c(c2)CCC(=O)N3)n1. The Balaban J connectivity index is 0.00000158. The number of benzene rings is 2. The quantitative estimate of drug-likeness (QED) is 0.410. The third-order valence-electron chi connectivity index (χ3n) is 5.19. The lowest BCUT2D eigenvalue weighted by Gasteiger charge is -2.18. The van der Waals surface area contributed by atoms with Crippen molar-refractivity contribution in [1.82, 2.24) is 9.78 Å². The van der Waals surface area contributed by atoms with Crippen LogP contribution in [0.4, 0.5) is 26.4 Å². The molecule has 0 saturated heterocycles. The van der Waals surface area contributed by atoms with E-state index in [0.717, 1.165) is 41.9 Å². The number of aryl methyl sites for hydroxylation is 2. The molecule has 0 spiro atoms. The molecular weight excluding hydrogens is 452 g/mol. The third-order valence-corrected chi connectivity index (χ3v) is 5.53. The highest BCUT2D eigenvalue weighted by molar-refractivity contribution is 7.27. The smallest absolute Gasteiger partial charge is 0.324 e. The molecule has 0 bridgehead atoms. The van der Waals surface area contributed by atoms with Gasteiger partial charge in [0.05, 0.1) is 11.4 Å². The topological polar surface area (TPSA) is 88.0 Å². The van der Waals surface area contributed by atoms with E-state index in [1.165, 1.54) is 12.1 Å². The Morgan fingerprint density at radius 2 is 1.94 bits per heavy atom. The molecule has 34 heavy (non-hydrogen) atoms. The fourth-order valence-corrected chi connectivity index (χ4v) is 4.00. The predicted octanol–water partition coefficient (Wildman–Crippen LogP) is 5.41. The maximum Gasteiger partial charge on any atom is 0.324 e. The highest BCUT2D eigenvalue weighted by Crippen LogP contribution is 2.27. The van der Waals surface area contributed by atoms with Gasteiger partial charge in [0.25, 0.3) is 0 Å². The Morgan fingerprint density at radius 1 is 1.15 bits per heavy atom. The van der Waals surface area contributed by atoms with Crippen LogP contribution >= 0.6 is 9.24 Å². The van der Waals surface area contributed by atoms with Gasteiger partial charge in [0, 0.05) is 23.9 Å². The molecule has 0 fully saturated rings. The highest BCUT2D eigenvalue weighted by Gasteiger charge is 2.18. The van der Waals surface area contributed by atoms with Gasteiger partial charge in [-0.15, -0.1) is 9.24 Å². The van der Waals surface area contributed by atoms with Crippen LogP contribution in [0.25, 0.3) is 5.69 Å². The van der Waals surface area contributed by atoms with Crippen molar-refractivity contribution in [3.05, 3.63) is 59.5 Å². The van der Waals surface area contributed by atoms with Gasteiger partial charge in [-0.2, -0.15) is 5.10 Å². The molecule has 1 aromatic heterocycles. The van der Waals surface area contributed by atoms with Gasteiger partial charge in [-0.25, -0.2) is 13.9 Å². The van der Waals surface area contributed by atoms with Gasteiger partial charge >= 0.3 is 6.03 Å². The summed E-state index contributed by atoms with van der Waals surface area (Å²) in [5.41, 5.74) is 3.84. The van der Waals surface area contributed by atoms with E-state index in [2.05, 4.69) is 32.1 Å². The molecule has 1 unspecified atom stereocenters. The summed E-state index contributed by atoms with van der Waals surface area (Å²) in [5.74, 6) is 0.0907. The van der Waals surface area contributed by atoms with E-state index in [-0.39, 0.29) is 5.91 Å². The Bertz CT molecular complexity index is 1160. The van der Waals surface area contributed by atoms with E-state index >= 15 is 0 Å². The van der Waals surface area contributed by atoms with Crippen molar-refractivity contribution >= 4 is 43.7 Å². The molecule has 3 amide bonds. The minimum atomic E-state index is -0.492. The van der Waals surface area contributed by atoms with Crippen molar-refractivity contribution < 1.29 is 14.0 Å². The number of nitrogens with one attached hydrogen (secondary N) is 3. The van der Waals surface area contributed by atoms with Crippen LogP contribution < -0.4 is 21.3 Å². The normalized spacial score (nSPS) is 12.2. The van der Waals surface area contributed by atoms with Crippen molar-refractivity contribution in [3.8, 4) is 5.69 Å². The van der Waals surface area contributed by atoms with Gasteiger partial charge < -0.3 is 10.6 Å². The lowest BCUT2D eigenvalue weighted by molar-refractivity contribution is -0.116. The number of nitrogens with zero attached hydrogens (tertiary/aromatic N) is 2. The zero-order valence-corrected chi connectivity index (χ0v) is 20.9. The first-order chi connectivity index (χ1) is 16.4. The standard InChI is InChI=1S/C23H25FN5O2P.C2H6/c1-2-3-4-16-13-21(27-23(31)25-17-10-15(24)11-19(32)12-17)29(28-16)18-6-7-20-14(9-18)5-8-22(30)26-20;1-2/h6-7,9-13H,2-5,8,32H2,1H3,(H,26,30)(H2,25,27,31);1-2H3. The molecule has 4 rings (SSSR count). The minimum Gasteiger partial charge on any atom is -0.326 e. The Kier molecular flexibility index (Phi) is 8.77. The van der Waals surface area contributed by atoms with Gasteiger partial charge in [0.15, 0.2) is 0 Å². The summed E-state index contributed by atoms with van der Waals surface area (Å²) >= 11 is 0. The Morgan fingerprint density at radius 3 is 2.68 bits per heavy atom. The summed E-state index contributed by atoms with van der Waals surface area (Å²) in [6, 6.07) is 11.3. The number of carbonyl (C=O) groups is 2. The Labute approximate surface area is 201 Å². The average molecular weight is 484 g/mol. The fraction of sp³-hybridized carbons (Fsp3) is 0.320. The molecule has 9 heteroatoms. The number of amides is 3. The summed E-state index contributed by atoms with van der Waals surface area (Å²) in [4.78, 5) is 24.3. The lowest BCUT2D eigenvalue weighted by atomic mass is 10.0. The number of fused-ring (bicyclic) bond motifs is 1. The molecule has 180 valence electrons. The molecule has 1 aliphatic rings. The fourth-order valence-electron chi connectivity index (χ4n) is 3.66. The lowest BCUT2D eigenvalue weighted by Crippen LogP contribution is -2.22. The Hall–Kier alpha value is -3.25. The van der Waals surface area contributed by atoms with Crippen LogP contribution in [-0.4, -0.2) is 21.7 Å². The highest BCUT2D eigenvalue weighted by atomic mass is 31.0. The van der Waals surface area contributed by atoms with Crippen LogP contribution in [-0.2, 0) is 17.6 Å². The van der Waals surface area contributed by atoms with E-state index in [4.69, 9.17) is 5.10 Å². The minimum absolute atomic E-state index is 0.0104. The predicted molar refractivity (Wildman–Crippen MR) is 139 cm³/mol. The van der Waals surface area contributed by atoms with Gasteiger partial charge in [0.1, 0.15) is 11.6 Å². The number of carbonyl (C=O) groups excluding carboxylic acids is 2. The van der Waals surface area contributed by atoms with E-state index in [1.54, 1.807) is 10.7 Å². The van der Waals surface area contributed by atoms with Crippen molar-refractivity contribution in [2.24, 2.45) is 0 Å². The number of halogens is 1. The van der Waals surface area contributed by atoms with Crippen molar-refractivity contribution in [2.75, 3.05) is 16.0 Å². The molecule has 0 saturated carbocycles. The molecule has 2 heterocycles. The van der Waals surface area contributed by atoms with Crippen LogP contribution in [0.3, 0.4) is 0 Å². The van der Waals surface area contributed by atoms with Gasteiger partial charge in [-0.3, -0.25) is 10.1 Å². The first kappa shape index (κ1) is 25.4. The third kappa shape index (κ3) is 6.41. The monoisotopic (exact) mass is 483 g/mol. The van der Waals surface area contributed by atoms with Gasteiger partial charge in [-0.05, 0) is 66.5 Å². The van der Waals surface area contributed by atoms with Crippen molar-refractivity contribution in [1.29, 1.82) is 0 Å². The number of hydrogen-bond acceptors (Lipinski definition) is 3. The van der Waals surface area contributed by atoms with E-state index < -0.39 is 11.8 Å². The van der Waals surface area contributed by atoms with Crippen LogP contribution in [0.2, 0.25) is 0 Å². The molecule has 1 aliphatic heterocycles. The van der Waals surface area contributed by atoms with Crippen molar-refractivity contribution in [2.45, 2.75) is 52.9 Å². The molecule has 0 aliphatic carbocycles. The summed E-state index contributed by atoms with van der Waals surface area (Å²) in [7, 11) is 2.41. The molecule has 1 atom stereocenters. The second kappa shape index (κ2) is 11.7. The molecule has 0 radical (unpaired) electrons. The zero-order chi connectivity index (χ0) is 24.7. The first-order valence-corrected chi connectivity index (χ1v) is 12.1. The zero-order valence-electron chi connectivity index (χ0n) is 19.7. The number of urea groups is 1. The van der Waals surface area contributed by atoms with Gasteiger partial charge in [-0.1, -0.05) is 27.2 Å². The summed E-state index contributed by atoms with van der Waals surface area (Å²) in [5, 5.41) is 13.7. The second-order valence-electron chi connectivity index (χ2n) is 7.78. The maximum absolute atomic E-state index is 13.6. The van der Waals surface area contributed by atoms with Gasteiger partial charge in [0.2, 0.25) is 5.91 Å². The van der Waals surface area contributed by atoms with Crippen molar-refractivity contribution in [3.63, 3.8) is 0 Å². The first-order valence-electron chi connectivity index (χ1n) is 11.6. The number of aromatic nitrogens is 2. The maximum atomic E-state index is 13.6.